The van der Waals surface area contributed by atoms with Crippen LogP contribution in [-0.4, -0.2) is 22.5 Å². The summed E-state index contributed by atoms with van der Waals surface area (Å²) in [5.41, 5.74) is 2.94. The third-order valence-corrected chi connectivity index (χ3v) is 5.12. The molecule has 5 nitrogen and oxygen atoms in total. The summed E-state index contributed by atoms with van der Waals surface area (Å²) in [5, 5.41) is 13.1. The molecule has 0 unspecified atom stereocenters. The Morgan fingerprint density at radius 1 is 1.17 bits per heavy atom. The average molecular weight is 329 g/mol. The van der Waals surface area contributed by atoms with Crippen molar-refractivity contribution in [2.45, 2.75) is 58.4 Å². The van der Waals surface area contributed by atoms with Gasteiger partial charge in [-0.15, -0.1) is 0 Å². The normalized spacial score (nSPS) is 16.5. The highest BCUT2D eigenvalue weighted by Crippen LogP contribution is 2.35. The van der Waals surface area contributed by atoms with Crippen molar-refractivity contribution in [3.63, 3.8) is 0 Å². The lowest BCUT2D eigenvalue weighted by Crippen LogP contribution is -2.47. The van der Waals surface area contributed by atoms with Crippen LogP contribution in [0, 0.1) is 20.8 Å². The number of amides is 1. The van der Waals surface area contributed by atoms with Gasteiger partial charge in [0.25, 0.3) is 5.91 Å². The van der Waals surface area contributed by atoms with Crippen LogP contribution in [0.3, 0.4) is 0 Å². The van der Waals surface area contributed by atoms with E-state index in [2.05, 4.69) is 5.32 Å². The van der Waals surface area contributed by atoms with Crippen molar-refractivity contribution >= 4 is 22.8 Å². The second-order valence-electron chi connectivity index (χ2n) is 6.97. The third kappa shape index (κ3) is 2.79. The maximum atomic E-state index is 12.8. The molecule has 1 aliphatic carbocycles. The van der Waals surface area contributed by atoms with Crippen molar-refractivity contribution in [1.29, 1.82) is 0 Å². The predicted molar refractivity (Wildman–Crippen MR) is 91.3 cm³/mol. The first-order valence-electron chi connectivity index (χ1n) is 8.37. The van der Waals surface area contributed by atoms with Crippen LogP contribution in [0.5, 0.6) is 0 Å². The zero-order valence-electron chi connectivity index (χ0n) is 14.4. The monoisotopic (exact) mass is 329 g/mol. The number of carboxylic acid groups (broad SMARTS) is 1. The summed E-state index contributed by atoms with van der Waals surface area (Å²) in [6, 6.07) is 4.00. The molecule has 1 saturated carbocycles. The Morgan fingerprint density at radius 3 is 2.38 bits per heavy atom. The molecule has 24 heavy (non-hydrogen) atoms. The number of fused-ring (bicyclic) bond motifs is 1. The highest BCUT2D eigenvalue weighted by atomic mass is 16.4. The quantitative estimate of drug-likeness (QED) is 0.892. The summed E-state index contributed by atoms with van der Waals surface area (Å²) < 4.78 is 5.87. The fraction of sp³-hybridized carbons (Fsp3) is 0.474. The van der Waals surface area contributed by atoms with Crippen molar-refractivity contribution in [1.82, 2.24) is 5.32 Å². The van der Waals surface area contributed by atoms with Gasteiger partial charge in [-0.3, -0.25) is 9.59 Å². The Kier molecular flexibility index (Phi) is 4.11. The van der Waals surface area contributed by atoms with Gasteiger partial charge in [0.15, 0.2) is 5.76 Å². The van der Waals surface area contributed by atoms with E-state index >= 15 is 0 Å². The number of benzene rings is 1. The molecule has 1 aromatic carbocycles. The van der Waals surface area contributed by atoms with Crippen molar-refractivity contribution in [3.8, 4) is 0 Å². The summed E-state index contributed by atoms with van der Waals surface area (Å²) in [4.78, 5) is 24.0. The summed E-state index contributed by atoms with van der Waals surface area (Å²) in [6.07, 6.45) is 3.22. The van der Waals surface area contributed by atoms with Gasteiger partial charge in [0.05, 0.1) is 12.0 Å². The van der Waals surface area contributed by atoms with E-state index in [1.807, 2.05) is 32.9 Å². The minimum atomic E-state index is -0.884. The molecule has 5 heteroatoms. The second kappa shape index (κ2) is 5.96. The molecule has 1 amide bonds. The molecular weight excluding hydrogens is 306 g/mol. The van der Waals surface area contributed by atoms with Crippen molar-refractivity contribution in [2.75, 3.05) is 0 Å². The molecular formula is C19H23NO4. The van der Waals surface area contributed by atoms with E-state index in [0.717, 1.165) is 40.5 Å². The van der Waals surface area contributed by atoms with Gasteiger partial charge >= 0.3 is 5.97 Å². The van der Waals surface area contributed by atoms with Gasteiger partial charge in [-0.05, 0) is 44.7 Å². The predicted octanol–water partition coefficient (Wildman–Crippen LogP) is 3.88. The third-order valence-electron chi connectivity index (χ3n) is 5.12. The smallest absolute Gasteiger partial charge is 0.305 e. The molecule has 1 heterocycles. The minimum Gasteiger partial charge on any atom is -0.481 e. The summed E-state index contributed by atoms with van der Waals surface area (Å²) in [6.45, 7) is 5.83. The van der Waals surface area contributed by atoms with Gasteiger partial charge < -0.3 is 14.8 Å². The Balaban J connectivity index is 1.97. The molecule has 3 rings (SSSR count). The van der Waals surface area contributed by atoms with Crippen LogP contribution in [0.25, 0.3) is 11.0 Å². The minimum absolute atomic E-state index is 0.0456. The molecule has 0 spiro atoms. The van der Waals surface area contributed by atoms with E-state index < -0.39 is 11.5 Å². The molecule has 0 aliphatic heterocycles. The van der Waals surface area contributed by atoms with Gasteiger partial charge in [-0.2, -0.15) is 0 Å². The van der Waals surface area contributed by atoms with Crippen molar-refractivity contribution in [3.05, 3.63) is 34.6 Å². The van der Waals surface area contributed by atoms with E-state index in [1.165, 1.54) is 0 Å². The van der Waals surface area contributed by atoms with Crippen LogP contribution in [0.15, 0.2) is 16.5 Å². The highest BCUT2D eigenvalue weighted by Gasteiger charge is 2.38. The number of carbonyl (C=O) groups excluding carboxylic acids is 1. The lowest BCUT2D eigenvalue weighted by molar-refractivity contribution is -0.138. The Hall–Kier alpha value is -2.30. The molecule has 0 radical (unpaired) electrons. The summed E-state index contributed by atoms with van der Waals surface area (Å²) in [5.74, 6) is -0.907. The Labute approximate surface area is 141 Å². The van der Waals surface area contributed by atoms with E-state index in [-0.39, 0.29) is 12.3 Å². The Morgan fingerprint density at radius 2 is 1.79 bits per heavy atom. The SMILES string of the molecule is Cc1ccc(C)c2c(C)c(C(=O)NC3(CC(=O)O)CCCC3)oc12. The molecule has 0 bridgehead atoms. The number of rotatable bonds is 4. The summed E-state index contributed by atoms with van der Waals surface area (Å²) in [7, 11) is 0. The molecule has 2 N–H and O–H groups in total. The number of furan rings is 1. The van der Waals surface area contributed by atoms with Crippen molar-refractivity contribution in [2.24, 2.45) is 0 Å². The van der Waals surface area contributed by atoms with Gasteiger partial charge in [0.1, 0.15) is 5.58 Å². The fourth-order valence-electron chi connectivity index (χ4n) is 3.88. The molecule has 2 aromatic rings. The lowest BCUT2D eigenvalue weighted by Gasteiger charge is -2.28. The second-order valence-corrected chi connectivity index (χ2v) is 6.97. The van der Waals surface area contributed by atoms with Crippen LogP contribution in [0.4, 0.5) is 0 Å². The highest BCUT2D eigenvalue weighted by molar-refractivity contribution is 6.01. The van der Waals surface area contributed by atoms with E-state index in [9.17, 15) is 14.7 Å². The lowest BCUT2D eigenvalue weighted by atomic mass is 9.93. The van der Waals surface area contributed by atoms with Gasteiger partial charge in [-0.25, -0.2) is 0 Å². The number of hydrogen-bond donors (Lipinski definition) is 2. The standard InChI is InChI=1S/C19H23NO4/c1-11-6-7-12(2)16-15(11)13(3)17(24-16)18(23)20-19(10-14(21)22)8-4-5-9-19/h6-7H,4-5,8-10H2,1-3H3,(H,20,23)(H,21,22). The zero-order chi connectivity index (χ0) is 17.5. The number of nitrogens with one attached hydrogen (secondary N) is 1. The molecule has 1 fully saturated rings. The number of carboxylic acids is 1. The van der Waals surface area contributed by atoms with Crippen LogP contribution in [0.2, 0.25) is 0 Å². The molecule has 0 atom stereocenters. The molecule has 1 aliphatic rings. The summed E-state index contributed by atoms with van der Waals surface area (Å²) >= 11 is 0. The van der Waals surface area contributed by atoms with Crippen molar-refractivity contribution < 1.29 is 19.1 Å². The molecule has 1 aromatic heterocycles. The zero-order valence-corrected chi connectivity index (χ0v) is 14.4. The largest absolute Gasteiger partial charge is 0.481 e. The maximum absolute atomic E-state index is 12.8. The van der Waals surface area contributed by atoms with Gasteiger partial charge in [0, 0.05) is 10.9 Å². The number of carbonyl (C=O) groups is 2. The van der Waals surface area contributed by atoms with E-state index in [0.29, 0.717) is 18.6 Å². The van der Waals surface area contributed by atoms with Crippen LogP contribution >= 0.6 is 0 Å². The Bertz CT molecular complexity index is 812. The molecule has 0 saturated heterocycles. The van der Waals surface area contributed by atoms with Gasteiger partial charge in [-0.1, -0.05) is 25.0 Å². The van der Waals surface area contributed by atoms with Gasteiger partial charge in [0.2, 0.25) is 0 Å². The maximum Gasteiger partial charge on any atom is 0.305 e. The first-order valence-corrected chi connectivity index (χ1v) is 8.37. The molecule has 128 valence electrons. The topological polar surface area (TPSA) is 79.5 Å². The number of hydrogen-bond acceptors (Lipinski definition) is 3. The first-order chi connectivity index (χ1) is 11.3. The van der Waals surface area contributed by atoms with E-state index in [1.54, 1.807) is 0 Å². The fourth-order valence-corrected chi connectivity index (χ4v) is 3.88. The van der Waals surface area contributed by atoms with E-state index in [4.69, 9.17) is 4.42 Å². The number of aryl methyl sites for hydroxylation is 3. The van der Waals surface area contributed by atoms with Crippen LogP contribution in [0.1, 0.15) is 59.3 Å². The average Bonchev–Trinajstić information content (AvgIpc) is 3.08. The number of aliphatic carboxylic acids is 1. The van der Waals surface area contributed by atoms with Crippen LogP contribution in [-0.2, 0) is 4.79 Å². The van der Waals surface area contributed by atoms with Crippen LogP contribution < -0.4 is 5.32 Å². The first kappa shape index (κ1) is 16.6.